The van der Waals surface area contributed by atoms with Gasteiger partial charge in [0, 0.05) is 20.5 Å². The van der Waals surface area contributed by atoms with Gasteiger partial charge in [0.25, 0.3) is 0 Å². The van der Waals surface area contributed by atoms with Crippen LogP contribution in [-0.4, -0.2) is 42.6 Å². The topological polar surface area (TPSA) is 58.6 Å². The minimum atomic E-state index is -0.604. The first-order valence-corrected chi connectivity index (χ1v) is 6.96. The van der Waals surface area contributed by atoms with Crippen LogP contribution in [-0.2, 0) is 16.0 Å². The Morgan fingerprint density at radius 1 is 1.23 bits per heavy atom. The van der Waals surface area contributed by atoms with Crippen LogP contribution in [0.4, 0.5) is 4.79 Å². The highest BCUT2D eigenvalue weighted by atomic mass is 16.6. The lowest BCUT2D eigenvalue weighted by atomic mass is 10.0. The number of likely N-dealkylation sites (N-methyl/N-ethyl adjacent to an activating group) is 2. The average molecular weight is 308 g/mol. The number of carbonyl (C=O) groups is 2. The highest BCUT2D eigenvalue weighted by Crippen LogP contribution is 2.13. The first-order valence-electron chi connectivity index (χ1n) is 6.96. The van der Waals surface area contributed by atoms with Crippen molar-refractivity contribution in [1.29, 1.82) is 0 Å². The molecule has 0 aliphatic heterocycles. The molecule has 0 spiro atoms. The van der Waals surface area contributed by atoms with Gasteiger partial charge in [-0.2, -0.15) is 0 Å². The van der Waals surface area contributed by atoms with Gasteiger partial charge in [0.05, 0.1) is 0 Å². The summed E-state index contributed by atoms with van der Waals surface area (Å²) in [4.78, 5) is 25.5. The summed E-state index contributed by atoms with van der Waals surface area (Å²) in [6.07, 6.45) is -0.0666. The summed E-state index contributed by atoms with van der Waals surface area (Å²) in [5.74, 6) is -0.216. The van der Waals surface area contributed by atoms with E-state index in [1.165, 1.54) is 4.90 Å². The number of hydrogen-bond donors (Lipinski definition) is 1. The van der Waals surface area contributed by atoms with Gasteiger partial charge in [-0.25, -0.2) is 4.79 Å². The first-order chi connectivity index (χ1) is 9.74. The van der Waals surface area contributed by atoms with Crippen LogP contribution in [0.2, 0.25) is 0 Å². The van der Waals surface area contributed by atoms with E-state index >= 15 is 0 Å². The summed E-state index contributed by atoms with van der Waals surface area (Å²) in [7, 11) is 3.14. The molecular formula is C17H28N2O3. The lowest BCUT2D eigenvalue weighted by molar-refractivity contribution is -0.125. The summed E-state index contributed by atoms with van der Waals surface area (Å²) in [5, 5.41) is 2.60. The number of rotatable bonds is 4. The van der Waals surface area contributed by atoms with Crippen LogP contribution in [0.5, 0.6) is 0 Å². The predicted octanol–water partition coefficient (Wildman–Crippen LogP) is 2.85. The van der Waals surface area contributed by atoms with Crippen LogP contribution in [0, 0.1) is 0 Å². The fourth-order valence-electron chi connectivity index (χ4n) is 1.87. The van der Waals surface area contributed by atoms with Crippen molar-refractivity contribution in [3.8, 4) is 0 Å². The minimum absolute atomic E-state index is 0. The number of carbonyl (C=O) groups excluding carboxylic acids is 2. The lowest BCUT2D eigenvalue weighted by Gasteiger charge is -2.29. The molecule has 0 unspecified atom stereocenters. The van der Waals surface area contributed by atoms with Crippen LogP contribution < -0.4 is 5.32 Å². The quantitative estimate of drug-likeness (QED) is 0.930. The third-order valence-electron chi connectivity index (χ3n) is 2.97. The largest absolute Gasteiger partial charge is 0.444 e. The van der Waals surface area contributed by atoms with Gasteiger partial charge in [-0.3, -0.25) is 9.69 Å². The molecule has 0 aliphatic carbocycles. The smallest absolute Gasteiger partial charge is 0.410 e. The molecule has 1 rings (SSSR count). The van der Waals surface area contributed by atoms with E-state index < -0.39 is 17.7 Å². The van der Waals surface area contributed by atoms with E-state index in [-0.39, 0.29) is 13.3 Å². The second-order valence-electron chi connectivity index (χ2n) is 5.91. The second kappa shape index (κ2) is 8.41. The maximum Gasteiger partial charge on any atom is 0.410 e. The maximum atomic E-state index is 12.1. The summed E-state index contributed by atoms with van der Waals surface area (Å²) in [5.41, 5.74) is 0.396. The predicted molar refractivity (Wildman–Crippen MR) is 88.7 cm³/mol. The van der Waals surface area contributed by atoms with E-state index in [9.17, 15) is 9.59 Å². The molecule has 1 N–H and O–H groups in total. The van der Waals surface area contributed by atoms with E-state index in [0.29, 0.717) is 6.42 Å². The first kappa shape index (κ1) is 20.0. The Bertz CT molecular complexity index is 480. The Balaban J connectivity index is 0.00000441. The van der Waals surface area contributed by atoms with E-state index in [1.54, 1.807) is 34.9 Å². The standard InChI is InChI=1S/C16H24N2O3.CH4/c1-16(2,3)21-15(20)18(5)13(14(19)17-4)11-12-9-7-6-8-10-12;/h6-10,13H,11H2,1-5H3,(H,17,19);1H4/t13-;/m1./s1. The van der Waals surface area contributed by atoms with Crippen LogP contribution >= 0.6 is 0 Å². The molecule has 0 aromatic heterocycles. The zero-order chi connectivity index (χ0) is 16.0. The molecule has 1 atom stereocenters. The van der Waals surface area contributed by atoms with Crippen molar-refractivity contribution in [3.63, 3.8) is 0 Å². The number of nitrogens with one attached hydrogen (secondary N) is 1. The molecule has 0 aliphatic rings. The van der Waals surface area contributed by atoms with Crippen molar-refractivity contribution < 1.29 is 14.3 Å². The second-order valence-corrected chi connectivity index (χ2v) is 5.91. The molecule has 1 aromatic rings. The van der Waals surface area contributed by atoms with Gasteiger partial charge >= 0.3 is 6.09 Å². The van der Waals surface area contributed by atoms with Gasteiger partial charge in [0.15, 0.2) is 0 Å². The molecular weight excluding hydrogens is 280 g/mol. The minimum Gasteiger partial charge on any atom is -0.444 e. The number of ether oxygens (including phenoxy) is 1. The monoisotopic (exact) mass is 308 g/mol. The summed E-state index contributed by atoms with van der Waals surface area (Å²) < 4.78 is 5.32. The van der Waals surface area contributed by atoms with Crippen molar-refractivity contribution in [3.05, 3.63) is 35.9 Å². The van der Waals surface area contributed by atoms with Crippen molar-refractivity contribution in [1.82, 2.24) is 10.2 Å². The molecule has 0 saturated heterocycles. The molecule has 0 heterocycles. The molecule has 124 valence electrons. The molecule has 1 aromatic carbocycles. The Hall–Kier alpha value is -2.04. The van der Waals surface area contributed by atoms with Crippen molar-refractivity contribution in [2.45, 2.75) is 46.3 Å². The number of amides is 2. The fraction of sp³-hybridized carbons (Fsp3) is 0.529. The lowest BCUT2D eigenvalue weighted by Crippen LogP contribution is -2.49. The van der Waals surface area contributed by atoms with Crippen LogP contribution in [0.1, 0.15) is 33.8 Å². The molecule has 0 fully saturated rings. The van der Waals surface area contributed by atoms with E-state index in [1.807, 2.05) is 30.3 Å². The SMILES string of the molecule is C.CNC(=O)[C@@H](Cc1ccccc1)N(C)C(=O)OC(C)(C)C. The Kier molecular flexibility index (Phi) is 7.63. The summed E-state index contributed by atoms with van der Waals surface area (Å²) in [6.45, 7) is 5.39. The zero-order valence-electron chi connectivity index (χ0n) is 13.3. The molecule has 5 nitrogen and oxygen atoms in total. The van der Waals surface area contributed by atoms with Gasteiger partial charge in [-0.05, 0) is 26.3 Å². The van der Waals surface area contributed by atoms with Gasteiger partial charge in [0.2, 0.25) is 5.91 Å². The average Bonchev–Trinajstić information content (AvgIpc) is 2.42. The van der Waals surface area contributed by atoms with Crippen LogP contribution in [0.15, 0.2) is 30.3 Å². The third kappa shape index (κ3) is 6.16. The third-order valence-corrected chi connectivity index (χ3v) is 2.97. The maximum absolute atomic E-state index is 12.1. The number of nitrogens with zero attached hydrogens (tertiary/aromatic N) is 1. The van der Waals surface area contributed by atoms with Gasteiger partial charge in [0.1, 0.15) is 11.6 Å². The summed E-state index contributed by atoms with van der Waals surface area (Å²) >= 11 is 0. The van der Waals surface area contributed by atoms with Crippen molar-refractivity contribution in [2.75, 3.05) is 14.1 Å². The molecule has 0 bridgehead atoms. The fourth-order valence-corrected chi connectivity index (χ4v) is 1.87. The van der Waals surface area contributed by atoms with Crippen LogP contribution in [0.25, 0.3) is 0 Å². The molecule has 2 amide bonds. The van der Waals surface area contributed by atoms with E-state index in [2.05, 4.69) is 5.32 Å². The van der Waals surface area contributed by atoms with Crippen LogP contribution in [0.3, 0.4) is 0 Å². The molecule has 0 saturated carbocycles. The van der Waals surface area contributed by atoms with Gasteiger partial charge < -0.3 is 10.1 Å². The molecule has 0 radical (unpaired) electrons. The zero-order valence-corrected chi connectivity index (χ0v) is 13.3. The van der Waals surface area contributed by atoms with Crippen molar-refractivity contribution >= 4 is 12.0 Å². The van der Waals surface area contributed by atoms with Crippen molar-refractivity contribution in [2.24, 2.45) is 0 Å². The van der Waals surface area contributed by atoms with E-state index in [4.69, 9.17) is 4.74 Å². The van der Waals surface area contributed by atoms with E-state index in [0.717, 1.165) is 5.56 Å². The highest BCUT2D eigenvalue weighted by molar-refractivity contribution is 5.85. The Labute approximate surface area is 133 Å². The van der Waals surface area contributed by atoms with Gasteiger partial charge in [-0.15, -0.1) is 0 Å². The summed E-state index contributed by atoms with van der Waals surface area (Å²) in [6, 6.07) is 8.98. The molecule has 22 heavy (non-hydrogen) atoms. The van der Waals surface area contributed by atoms with Gasteiger partial charge in [-0.1, -0.05) is 37.8 Å². The number of hydrogen-bond acceptors (Lipinski definition) is 3. The molecule has 5 heteroatoms. The highest BCUT2D eigenvalue weighted by Gasteiger charge is 2.29. The Morgan fingerprint density at radius 3 is 2.23 bits per heavy atom. The normalized spacial score (nSPS) is 11.9. The Morgan fingerprint density at radius 2 is 1.77 bits per heavy atom. The number of benzene rings is 1.